The van der Waals surface area contributed by atoms with Gasteiger partial charge in [0.1, 0.15) is 24.4 Å². The van der Waals surface area contributed by atoms with E-state index in [0.29, 0.717) is 34.6 Å². The molecule has 5 heterocycles. The van der Waals surface area contributed by atoms with Crippen LogP contribution in [0.5, 0.6) is 0 Å². The van der Waals surface area contributed by atoms with Crippen LogP contribution >= 0.6 is 0 Å². The van der Waals surface area contributed by atoms with Crippen molar-refractivity contribution in [3.8, 4) is 11.4 Å². The third-order valence-corrected chi connectivity index (χ3v) is 7.39. The van der Waals surface area contributed by atoms with Crippen molar-refractivity contribution in [1.82, 2.24) is 9.55 Å². The van der Waals surface area contributed by atoms with E-state index in [4.69, 9.17) is 23.9 Å². The van der Waals surface area contributed by atoms with E-state index in [-0.39, 0.29) is 5.56 Å². The highest BCUT2D eigenvalue weighted by Crippen LogP contribution is 2.41. The molecule has 4 N–H and O–H groups in total. The molecular formula is C27H28N2O9. The summed E-state index contributed by atoms with van der Waals surface area (Å²) in [6.45, 7) is 1.52. The summed E-state index contributed by atoms with van der Waals surface area (Å²) in [5.74, 6) is 0. The lowest BCUT2D eigenvalue weighted by Crippen LogP contribution is -2.60. The standard InChI is InChI=1S/C27H28N2O9/c1-3-14-15-9-17-20-13(8-12-6-4-5-7-16(12)28-20)10-29(17)24(34)19(15)26(35-2)37-25(14)38-27-23(33)22(32)21(31)18(11-30)36-27/h3-9,18,21-23,25-27,30-33H,10-11H2,1-2H3/b14-3+/t18-,21-,22+,23-,25+,26?,27+/m1/s1. The number of hydrogen-bond acceptors (Lipinski definition) is 10. The predicted octanol–water partition coefficient (Wildman–Crippen LogP) is 0.646. The molecule has 2 aromatic heterocycles. The van der Waals surface area contributed by atoms with Crippen molar-refractivity contribution < 1.29 is 39.4 Å². The maximum Gasteiger partial charge on any atom is 0.260 e. The normalized spacial score (nSPS) is 31.3. The number of aromatic nitrogens is 2. The summed E-state index contributed by atoms with van der Waals surface area (Å²) in [7, 11) is 1.40. The first-order valence-corrected chi connectivity index (χ1v) is 12.3. The van der Waals surface area contributed by atoms with E-state index >= 15 is 0 Å². The maximum absolute atomic E-state index is 13.8. The number of hydrogen-bond donors (Lipinski definition) is 4. The number of rotatable bonds is 4. The molecule has 7 atom stereocenters. The Kier molecular flexibility index (Phi) is 6.41. The molecule has 0 radical (unpaired) electrons. The van der Waals surface area contributed by atoms with Crippen LogP contribution in [0.1, 0.15) is 29.9 Å². The summed E-state index contributed by atoms with van der Waals surface area (Å²) in [6, 6.07) is 11.7. The summed E-state index contributed by atoms with van der Waals surface area (Å²) < 4.78 is 24.6. The maximum atomic E-state index is 13.8. The molecule has 3 aromatic rings. The monoisotopic (exact) mass is 524 g/mol. The lowest BCUT2D eigenvalue weighted by Gasteiger charge is -2.42. The molecule has 3 aliphatic rings. The van der Waals surface area contributed by atoms with Gasteiger partial charge >= 0.3 is 0 Å². The molecule has 1 unspecified atom stereocenters. The van der Waals surface area contributed by atoms with Gasteiger partial charge in [-0.05, 0) is 30.7 Å². The smallest absolute Gasteiger partial charge is 0.260 e. The Hall–Kier alpha value is -3.00. The fraction of sp³-hybridized carbons (Fsp3) is 0.407. The van der Waals surface area contributed by atoms with Gasteiger partial charge in [0.15, 0.2) is 18.9 Å². The van der Waals surface area contributed by atoms with Gasteiger partial charge in [0.2, 0.25) is 0 Å². The molecule has 3 aliphatic heterocycles. The van der Waals surface area contributed by atoms with Crippen LogP contribution in [0.2, 0.25) is 0 Å². The van der Waals surface area contributed by atoms with Crippen LogP contribution in [-0.4, -0.2) is 80.7 Å². The summed E-state index contributed by atoms with van der Waals surface area (Å²) in [5.41, 5.74) is 4.15. The first-order valence-electron chi connectivity index (χ1n) is 12.3. The Labute approximate surface area is 217 Å². The summed E-state index contributed by atoms with van der Waals surface area (Å²) in [5, 5.41) is 41.3. The van der Waals surface area contributed by atoms with Crippen LogP contribution in [0.15, 0.2) is 47.3 Å². The molecule has 11 heteroatoms. The van der Waals surface area contributed by atoms with Crippen LogP contribution in [0, 0.1) is 0 Å². The van der Waals surface area contributed by atoms with Gasteiger partial charge in [0, 0.05) is 23.6 Å². The summed E-state index contributed by atoms with van der Waals surface area (Å²) in [6.07, 6.45) is -7.87. The lowest BCUT2D eigenvalue weighted by molar-refractivity contribution is -0.343. The molecule has 0 saturated carbocycles. The SMILES string of the molecule is C/C=C1\c2cc3n(c(=O)c2C(OC)O[C@H]1O[C@@H]1O[C@H](CO)[C@@H](O)[C@H](O)[C@H]1O)Cc1cc2ccccc2nc1-3. The third kappa shape index (κ3) is 3.82. The number of pyridine rings is 2. The number of methoxy groups -OCH3 is 1. The van der Waals surface area contributed by atoms with Crippen molar-refractivity contribution in [3.63, 3.8) is 0 Å². The van der Waals surface area contributed by atoms with E-state index < -0.39 is 49.9 Å². The Morgan fingerprint density at radius 3 is 2.63 bits per heavy atom. The molecule has 11 nitrogen and oxygen atoms in total. The molecule has 0 amide bonds. The highest BCUT2D eigenvalue weighted by Gasteiger charge is 2.47. The first-order chi connectivity index (χ1) is 18.4. The van der Waals surface area contributed by atoms with E-state index in [1.807, 2.05) is 36.4 Å². The third-order valence-electron chi connectivity index (χ3n) is 7.39. The van der Waals surface area contributed by atoms with Crippen LogP contribution in [0.4, 0.5) is 0 Å². The largest absolute Gasteiger partial charge is 0.394 e. The van der Waals surface area contributed by atoms with E-state index in [9.17, 15) is 25.2 Å². The van der Waals surface area contributed by atoms with Gasteiger partial charge in [-0.2, -0.15) is 0 Å². The van der Waals surface area contributed by atoms with Gasteiger partial charge in [-0.1, -0.05) is 24.3 Å². The number of ether oxygens (including phenoxy) is 4. The van der Waals surface area contributed by atoms with Crippen LogP contribution in [-0.2, 0) is 25.5 Å². The minimum absolute atomic E-state index is 0.281. The van der Waals surface area contributed by atoms with Crippen molar-refractivity contribution in [3.05, 3.63) is 69.5 Å². The van der Waals surface area contributed by atoms with Gasteiger partial charge in [-0.15, -0.1) is 0 Å². The second-order valence-electron chi connectivity index (χ2n) is 9.55. The minimum atomic E-state index is -1.62. The molecule has 0 aliphatic carbocycles. The van der Waals surface area contributed by atoms with Gasteiger partial charge in [-0.25, -0.2) is 4.98 Å². The average molecular weight is 525 g/mol. The molecular weight excluding hydrogens is 496 g/mol. The number of fused-ring (bicyclic) bond motifs is 5. The highest BCUT2D eigenvalue weighted by molar-refractivity contribution is 5.85. The second-order valence-corrected chi connectivity index (χ2v) is 9.55. The number of para-hydroxylation sites is 1. The molecule has 1 fully saturated rings. The van der Waals surface area contributed by atoms with Gasteiger partial charge in [0.05, 0.1) is 35.6 Å². The van der Waals surface area contributed by atoms with Crippen molar-refractivity contribution in [1.29, 1.82) is 0 Å². The number of aliphatic hydroxyl groups excluding tert-OH is 4. The zero-order chi connectivity index (χ0) is 26.7. The molecule has 38 heavy (non-hydrogen) atoms. The van der Waals surface area contributed by atoms with E-state index in [0.717, 1.165) is 16.5 Å². The zero-order valence-electron chi connectivity index (χ0n) is 20.7. The molecule has 1 saturated heterocycles. The van der Waals surface area contributed by atoms with E-state index in [2.05, 4.69) is 0 Å². The second kappa shape index (κ2) is 9.63. The van der Waals surface area contributed by atoms with Crippen molar-refractivity contribution in [2.45, 2.75) is 56.8 Å². The number of allylic oxidation sites excluding steroid dienone is 1. The Morgan fingerprint density at radius 1 is 1.11 bits per heavy atom. The highest BCUT2D eigenvalue weighted by atomic mass is 16.8. The van der Waals surface area contributed by atoms with Crippen molar-refractivity contribution in [2.24, 2.45) is 0 Å². The fourth-order valence-corrected chi connectivity index (χ4v) is 5.41. The van der Waals surface area contributed by atoms with Gasteiger partial charge in [0.25, 0.3) is 5.56 Å². The van der Waals surface area contributed by atoms with Crippen molar-refractivity contribution >= 4 is 16.5 Å². The predicted molar refractivity (Wildman–Crippen MR) is 134 cm³/mol. The van der Waals surface area contributed by atoms with Gasteiger partial charge in [-0.3, -0.25) is 4.79 Å². The minimum Gasteiger partial charge on any atom is -0.394 e. The number of benzene rings is 1. The average Bonchev–Trinajstić information content (AvgIpc) is 3.29. The summed E-state index contributed by atoms with van der Waals surface area (Å²) >= 11 is 0. The molecule has 0 bridgehead atoms. The zero-order valence-corrected chi connectivity index (χ0v) is 20.7. The molecule has 0 spiro atoms. The Morgan fingerprint density at radius 2 is 1.89 bits per heavy atom. The number of nitrogens with zero attached hydrogens (tertiary/aromatic N) is 2. The van der Waals surface area contributed by atoms with E-state index in [1.54, 1.807) is 17.6 Å². The Balaban J connectivity index is 1.42. The summed E-state index contributed by atoms with van der Waals surface area (Å²) in [4.78, 5) is 18.6. The van der Waals surface area contributed by atoms with Crippen LogP contribution in [0.25, 0.3) is 27.9 Å². The molecule has 1 aromatic carbocycles. The fourth-order valence-electron chi connectivity index (χ4n) is 5.41. The first kappa shape index (κ1) is 25.3. The Bertz CT molecular complexity index is 1480. The van der Waals surface area contributed by atoms with Crippen LogP contribution < -0.4 is 5.56 Å². The number of aliphatic hydroxyl groups is 4. The molecule has 200 valence electrons. The topological polar surface area (TPSA) is 153 Å². The van der Waals surface area contributed by atoms with Crippen molar-refractivity contribution in [2.75, 3.05) is 13.7 Å². The van der Waals surface area contributed by atoms with Gasteiger partial charge < -0.3 is 43.9 Å². The molecule has 6 rings (SSSR count). The van der Waals surface area contributed by atoms with E-state index in [1.165, 1.54) is 7.11 Å². The lowest BCUT2D eigenvalue weighted by atomic mass is 9.95. The quantitative estimate of drug-likeness (QED) is 0.299. The van der Waals surface area contributed by atoms with Crippen LogP contribution in [0.3, 0.4) is 0 Å².